The molecule has 0 atom stereocenters. The van der Waals surface area contributed by atoms with Crippen LogP contribution in [0.2, 0.25) is 0 Å². The lowest BCUT2D eigenvalue weighted by Crippen LogP contribution is -2.24. The van der Waals surface area contributed by atoms with Crippen LogP contribution in [-0.2, 0) is 11.8 Å². The van der Waals surface area contributed by atoms with Gasteiger partial charge >= 0.3 is 0 Å². The summed E-state index contributed by atoms with van der Waals surface area (Å²) < 4.78 is 1.85. The van der Waals surface area contributed by atoms with Crippen LogP contribution in [0.4, 0.5) is 11.4 Å². The maximum atomic E-state index is 12.6. The highest BCUT2D eigenvalue weighted by Crippen LogP contribution is 2.27. The first-order valence-corrected chi connectivity index (χ1v) is 9.75. The fourth-order valence-corrected chi connectivity index (χ4v) is 3.78. The smallest absolute Gasteiger partial charge is 0.255 e. The molecule has 142 valence electrons. The van der Waals surface area contributed by atoms with Crippen molar-refractivity contribution in [2.24, 2.45) is 7.05 Å². The molecule has 3 aromatic rings. The number of aryl methyl sites for hydroxylation is 1. The fraction of sp³-hybridized carbons (Fsp3) is 0.200. The standard InChI is InChI=1S/C20H19N5O2S/c1-24-13-21-23-20(24)28-17-9-7-15(8-10-17)22-19(27)14-4-2-5-16(12-14)25-11-3-6-18(25)26/h2,4-5,7-10,12-13H,3,6,11H2,1H3,(H,22,27). The van der Waals surface area contributed by atoms with E-state index in [1.165, 1.54) is 11.8 Å². The normalized spacial score (nSPS) is 13.8. The van der Waals surface area contributed by atoms with Gasteiger partial charge in [0.25, 0.3) is 5.91 Å². The monoisotopic (exact) mass is 393 g/mol. The van der Waals surface area contributed by atoms with Gasteiger partial charge in [0.15, 0.2) is 5.16 Å². The second-order valence-electron chi connectivity index (χ2n) is 6.50. The fourth-order valence-electron chi connectivity index (χ4n) is 3.02. The molecule has 0 saturated carbocycles. The molecular formula is C20H19N5O2S. The molecular weight excluding hydrogens is 374 g/mol. The minimum Gasteiger partial charge on any atom is -0.322 e. The predicted molar refractivity (Wildman–Crippen MR) is 108 cm³/mol. The molecule has 7 nitrogen and oxygen atoms in total. The van der Waals surface area contributed by atoms with Gasteiger partial charge in [-0.3, -0.25) is 9.59 Å². The van der Waals surface area contributed by atoms with Crippen LogP contribution < -0.4 is 10.2 Å². The summed E-state index contributed by atoms with van der Waals surface area (Å²) in [5.41, 5.74) is 2.00. The number of hydrogen-bond acceptors (Lipinski definition) is 5. The van der Waals surface area contributed by atoms with Crippen LogP contribution in [0.3, 0.4) is 0 Å². The van der Waals surface area contributed by atoms with Crippen molar-refractivity contribution in [3.8, 4) is 0 Å². The van der Waals surface area contributed by atoms with Crippen LogP contribution in [0.5, 0.6) is 0 Å². The van der Waals surface area contributed by atoms with Crippen molar-refractivity contribution in [2.45, 2.75) is 22.9 Å². The van der Waals surface area contributed by atoms with Gasteiger partial charge in [-0.1, -0.05) is 6.07 Å². The number of anilines is 2. The van der Waals surface area contributed by atoms with Crippen molar-refractivity contribution in [1.29, 1.82) is 0 Å². The Morgan fingerprint density at radius 2 is 2.00 bits per heavy atom. The van der Waals surface area contributed by atoms with Crippen LogP contribution in [0, 0.1) is 0 Å². The molecule has 28 heavy (non-hydrogen) atoms. The molecule has 8 heteroatoms. The van der Waals surface area contributed by atoms with E-state index in [-0.39, 0.29) is 11.8 Å². The molecule has 0 unspecified atom stereocenters. The molecule has 0 bridgehead atoms. The van der Waals surface area contributed by atoms with Gasteiger partial charge in [0.05, 0.1) is 0 Å². The van der Waals surface area contributed by atoms with E-state index in [1.54, 1.807) is 29.4 Å². The van der Waals surface area contributed by atoms with E-state index in [2.05, 4.69) is 15.5 Å². The lowest BCUT2D eigenvalue weighted by atomic mass is 10.1. The molecule has 0 aliphatic carbocycles. The largest absolute Gasteiger partial charge is 0.322 e. The lowest BCUT2D eigenvalue weighted by molar-refractivity contribution is -0.117. The maximum Gasteiger partial charge on any atom is 0.255 e. The van der Waals surface area contributed by atoms with Crippen LogP contribution in [0.25, 0.3) is 0 Å². The van der Waals surface area contributed by atoms with Crippen LogP contribution in [-0.4, -0.2) is 33.1 Å². The summed E-state index contributed by atoms with van der Waals surface area (Å²) in [6.45, 7) is 0.703. The van der Waals surface area contributed by atoms with E-state index in [4.69, 9.17) is 0 Å². The highest BCUT2D eigenvalue weighted by Gasteiger charge is 2.22. The first-order chi connectivity index (χ1) is 13.6. The van der Waals surface area contributed by atoms with Crippen LogP contribution in [0.15, 0.2) is 64.9 Å². The Morgan fingerprint density at radius 1 is 1.18 bits per heavy atom. The minimum absolute atomic E-state index is 0.105. The van der Waals surface area contributed by atoms with Crippen molar-refractivity contribution < 1.29 is 9.59 Å². The Labute approximate surface area is 166 Å². The van der Waals surface area contributed by atoms with Gasteiger partial charge in [-0.2, -0.15) is 0 Å². The Kier molecular flexibility index (Phi) is 5.12. The van der Waals surface area contributed by atoms with Gasteiger partial charge in [-0.25, -0.2) is 0 Å². The number of rotatable bonds is 5. The molecule has 1 fully saturated rings. The second-order valence-corrected chi connectivity index (χ2v) is 7.54. The summed E-state index contributed by atoms with van der Waals surface area (Å²) >= 11 is 1.50. The molecule has 2 amide bonds. The molecule has 2 heterocycles. The van der Waals surface area contributed by atoms with Gasteiger partial charge in [0.2, 0.25) is 5.91 Å². The SMILES string of the molecule is Cn1cnnc1Sc1ccc(NC(=O)c2cccc(N3CCCC3=O)c2)cc1. The van der Waals surface area contributed by atoms with E-state index in [0.29, 0.717) is 24.2 Å². The third-order valence-electron chi connectivity index (χ3n) is 4.48. The van der Waals surface area contributed by atoms with Gasteiger partial charge < -0.3 is 14.8 Å². The Bertz CT molecular complexity index is 1020. The molecule has 4 rings (SSSR count). The van der Waals surface area contributed by atoms with Crippen molar-refractivity contribution >= 4 is 35.0 Å². The summed E-state index contributed by atoms with van der Waals surface area (Å²) in [5, 5.41) is 11.6. The van der Waals surface area contributed by atoms with E-state index in [1.807, 2.05) is 41.9 Å². The molecule has 1 saturated heterocycles. The number of carbonyl (C=O) groups is 2. The minimum atomic E-state index is -0.206. The quantitative estimate of drug-likeness (QED) is 0.719. The molecule has 1 aliphatic rings. The van der Waals surface area contributed by atoms with Crippen molar-refractivity contribution in [2.75, 3.05) is 16.8 Å². The maximum absolute atomic E-state index is 12.6. The van der Waals surface area contributed by atoms with Gasteiger partial charge in [-0.05, 0) is 60.6 Å². The lowest BCUT2D eigenvalue weighted by Gasteiger charge is -2.16. The van der Waals surface area contributed by atoms with E-state index < -0.39 is 0 Å². The number of aromatic nitrogens is 3. The third kappa shape index (κ3) is 3.91. The predicted octanol–water partition coefficient (Wildman–Crippen LogP) is 3.35. The van der Waals surface area contributed by atoms with E-state index in [0.717, 1.165) is 22.2 Å². The van der Waals surface area contributed by atoms with Gasteiger partial charge in [0, 0.05) is 41.8 Å². The molecule has 0 radical (unpaired) electrons. The molecule has 1 aromatic heterocycles. The number of benzene rings is 2. The zero-order chi connectivity index (χ0) is 19.5. The summed E-state index contributed by atoms with van der Waals surface area (Å²) in [5.74, 6) is -0.101. The summed E-state index contributed by atoms with van der Waals surface area (Å²) in [7, 11) is 1.89. The molecule has 1 aliphatic heterocycles. The number of amides is 2. The van der Waals surface area contributed by atoms with Gasteiger partial charge in [0.1, 0.15) is 6.33 Å². The Balaban J connectivity index is 1.43. The van der Waals surface area contributed by atoms with Gasteiger partial charge in [-0.15, -0.1) is 10.2 Å². The highest BCUT2D eigenvalue weighted by molar-refractivity contribution is 7.99. The van der Waals surface area contributed by atoms with Crippen LogP contribution >= 0.6 is 11.8 Å². The number of carbonyl (C=O) groups excluding carboxylic acids is 2. The molecule has 2 aromatic carbocycles. The number of nitrogens with zero attached hydrogens (tertiary/aromatic N) is 4. The second kappa shape index (κ2) is 7.85. The third-order valence-corrected chi connectivity index (χ3v) is 5.54. The number of hydrogen-bond donors (Lipinski definition) is 1. The Morgan fingerprint density at radius 3 is 2.68 bits per heavy atom. The van der Waals surface area contributed by atoms with Crippen molar-refractivity contribution in [3.05, 3.63) is 60.4 Å². The zero-order valence-corrected chi connectivity index (χ0v) is 16.1. The van der Waals surface area contributed by atoms with E-state index in [9.17, 15) is 9.59 Å². The summed E-state index contributed by atoms with van der Waals surface area (Å²) in [6.07, 6.45) is 3.07. The topological polar surface area (TPSA) is 80.1 Å². The molecule has 1 N–H and O–H groups in total. The summed E-state index contributed by atoms with van der Waals surface area (Å²) in [4.78, 5) is 27.3. The van der Waals surface area contributed by atoms with Crippen molar-refractivity contribution in [3.63, 3.8) is 0 Å². The Hall–Kier alpha value is -3.13. The average molecular weight is 393 g/mol. The first kappa shape index (κ1) is 18.2. The number of nitrogens with one attached hydrogen (secondary N) is 1. The molecule has 0 spiro atoms. The van der Waals surface area contributed by atoms with Crippen LogP contribution in [0.1, 0.15) is 23.2 Å². The average Bonchev–Trinajstić information content (AvgIpc) is 3.31. The first-order valence-electron chi connectivity index (χ1n) is 8.94. The van der Waals surface area contributed by atoms with E-state index >= 15 is 0 Å². The summed E-state index contributed by atoms with van der Waals surface area (Å²) in [6, 6.07) is 14.7. The van der Waals surface area contributed by atoms with Crippen molar-refractivity contribution in [1.82, 2.24) is 14.8 Å². The highest BCUT2D eigenvalue weighted by atomic mass is 32.2. The zero-order valence-electron chi connectivity index (χ0n) is 15.3.